The largest absolute Gasteiger partial charge is 0.374 e. The summed E-state index contributed by atoms with van der Waals surface area (Å²) in [4.78, 5) is 19.0. The van der Waals surface area contributed by atoms with E-state index in [1.54, 1.807) is 25.3 Å². The Morgan fingerprint density at radius 2 is 1.94 bits per heavy atom. The van der Waals surface area contributed by atoms with Crippen LogP contribution >= 0.6 is 0 Å². The summed E-state index contributed by atoms with van der Waals surface area (Å²) in [5.74, 6) is -0.532. The Kier molecular flexibility index (Phi) is 6.04. The fourth-order valence-electron chi connectivity index (χ4n) is 4.00. The van der Waals surface area contributed by atoms with E-state index in [1.165, 1.54) is 6.07 Å². The van der Waals surface area contributed by atoms with E-state index in [-0.39, 0.29) is 23.9 Å². The second kappa shape index (κ2) is 8.89. The van der Waals surface area contributed by atoms with Crippen LogP contribution in [0, 0.1) is 5.82 Å². The zero-order valence-electron chi connectivity index (χ0n) is 17.9. The minimum absolute atomic E-state index is 0.0499. The first kappa shape index (κ1) is 21.1. The summed E-state index contributed by atoms with van der Waals surface area (Å²) >= 11 is 0. The first-order chi connectivity index (χ1) is 14.9. The average molecular weight is 423 g/mol. The zero-order chi connectivity index (χ0) is 22.0. The number of fused-ring (bicyclic) bond motifs is 1. The number of hydrogen-bond donors (Lipinski definition) is 2. The summed E-state index contributed by atoms with van der Waals surface area (Å²) in [5, 5.41) is 6.89. The highest BCUT2D eigenvalue weighted by Gasteiger charge is 2.24. The number of aromatic nitrogens is 1. The number of halogens is 1. The second-order valence-corrected chi connectivity index (χ2v) is 8.06. The van der Waals surface area contributed by atoms with E-state index in [0.29, 0.717) is 30.2 Å². The summed E-state index contributed by atoms with van der Waals surface area (Å²) in [6.45, 7) is 7.01. The predicted molar refractivity (Wildman–Crippen MR) is 122 cm³/mol. The van der Waals surface area contributed by atoms with E-state index in [1.807, 2.05) is 49.1 Å². The van der Waals surface area contributed by atoms with Crippen LogP contribution in [0.2, 0.25) is 0 Å². The van der Waals surface area contributed by atoms with Crippen LogP contribution in [0.15, 0.2) is 54.7 Å². The molecule has 1 saturated heterocycles. The van der Waals surface area contributed by atoms with Gasteiger partial charge < -0.3 is 20.3 Å². The molecule has 0 aliphatic carbocycles. The van der Waals surface area contributed by atoms with Crippen LogP contribution < -0.4 is 15.5 Å². The molecule has 0 saturated carbocycles. The molecule has 162 valence electrons. The van der Waals surface area contributed by atoms with Gasteiger partial charge in [0.25, 0.3) is 0 Å². The minimum Gasteiger partial charge on any atom is -0.374 e. The molecule has 3 atom stereocenters. The van der Waals surface area contributed by atoms with Gasteiger partial charge in [-0.3, -0.25) is 9.78 Å². The highest BCUT2D eigenvalue weighted by atomic mass is 19.1. The van der Waals surface area contributed by atoms with E-state index < -0.39 is 6.04 Å². The van der Waals surface area contributed by atoms with Gasteiger partial charge in [0.05, 0.1) is 29.1 Å². The Labute approximate surface area is 181 Å². The fraction of sp³-hybridized carbons (Fsp3) is 0.333. The monoisotopic (exact) mass is 422 g/mol. The van der Waals surface area contributed by atoms with Gasteiger partial charge in [-0.15, -0.1) is 0 Å². The van der Waals surface area contributed by atoms with Gasteiger partial charge in [-0.25, -0.2) is 4.39 Å². The van der Waals surface area contributed by atoms with Gasteiger partial charge in [0.1, 0.15) is 11.9 Å². The van der Waals surface area contributed by atoms with E-state index in [9.17, 15) is 9.18 Å². The van der Waals surface area contributed by atoms with E-state index >= 15 is 0 Å². The standard InChI is InChI=1S/C24H27FN4O2/c1-15-13-29(14-16(2)31-15)23-10-9-18(12-20(23)25)27-17(3)24(30)28-22-8-4-7-21-19(22)6-5-11-26-21/h4-12,15-17,27H,13-14H2,1-3H3,(H,28,30). The lowest BCUT2D eigenvalue weighted by Gasteiger charge is -2.37. The normalized spacial score (nSPS) is 19.8. The number of ether oxygens (including phenoxy) is 1. The smallest absolute Gasteiger partial charge is 0.246 e. The molecule has 3 unspecified atom stereocenters. The average Bonchev–Trinajstić information content (AvgIpc) is 2.73. The number of morpholine rings is 1. The Balaban J connectivity index is 1.44. The quantitative estimate of drug-likeness (QED) is 0.637. The number of amides is 1. The summed E-state index contributed by atoms with van der Waals surface area (Å²) in [7, 11) is 0. The Hall–Kier alpha value is -3.19. The van der Waals surface area contributed by atoms with Crippen molar-refractivity contribution in [3.63, 3.8) is 0 Å². The molecule has 3 aromatic rings. The van der Waals surface area contributed by atoms with E-state index in [0.717, 1.165) is 10.9 Å². The molecule has 1 fully saturated rings. The molecule has 7 heteroatoms. The third-order valence-electron chi connectivity index (χ3n) is 5.39. The number of rotatable bonds is 5. The third-order valence-corrected chi connectivity index (χ3v) is 5.39. The van der Waals surface area contributed by atoms with Crippen LogP contribution in [-0.4, -0.2) is 42.2 Å². The molecule has 2 aromatic carbocycles. The molecular formula is C24H27FN4O2. The molecule has 1 amide bonds. The van der Waals surface area contributed by atoms with Crippen LogP contribution in [0.3, 0.4) is 0 Å². The lowest BCUT2D eigenvalue weighted by molar-refractivity contribution is -0.116. The number of pyridine rings is 1. The maximum atomic E-state index is 14.8. The first-order valence-corrected chi connectivity index (χ1v) is 10.5. The number of carbonyl (C=O) groups is 1. The molecular weight excluding hydrogens is 395 g/mol. The maximum Gasteiger partial charge on any atom is 0.246 e. The van der Waals surface area contributed by atoms with Crippen LogP contribution in [0.1, 0.15) is 20.8 Å². The van der Waals surface area contributed by atoms with Gasteiger partial charge in [-0.2, -0.15) is 0 Å². The molecule has 2 heterocycles. The molecule has 1 aliphatic rings. The lowest BCUT2D eigenvalue weighted by Crippen LogP contribution is -2.45. The van der Waals surface area contributed by atoms with Crippen molar-refractivity contribution >= 4 is 33.9 Å². The van der Waals surface area contributed by atoms with Gasteiger partial charge in [-0.05, 0) is 63.2 Å². The van der Waals surface area contributed by atoms with Gasteiger partial charge in [0.2, 0.25) is 5.91 Å². The SMILES string of the molecule is CC1CN(c2ccc(NC(C)C(=O)Nc3cccc4ncccc34)cc2F)CC(C)O1. The number of nitrogens with zero attached hydrogens (tertiary/aromatic N) is 2. The van der Waals surface area contributed by atoms with Gasteiger partial charge >= 0.3 is 0 Å². The van der Waals surface area contributed by atoms with Crippen molar-refractivity contribution < 1.29 is 13.9 Å². The third kappa shape index (κ3) is 4.77. The van der Waals surface area contributed by atoms with Crippen molar-refractivity contribution in [3.8, 4) is 0 Å². The molecule has 0 spiro atoms. The van der Waals surface area contributed by atoms with E-state index in [4.69, 9.17) is 4.74 Å². The maximum absolute atomic E-state index is 14.8. The number of carbonyl (C=O) groups excluding carboxylic acids is 1. The molecule has 2 N–H and O–H groups in total. The Bertz CT molecular complexity index is 1070. The summed E-state index contributed by atoms with van der Waals surface area (Å²) in [5.41, 5.74) is 2.61. The molecule has 1 aliphatic heterocycles. The molecule has 4 rings (SSSR count). The summed E-state index contributed by atoms with van der Waals surface area (Å²) < 4.78 is 20.6. The molecule has 0 radical (unpaired) electrons. The summed E-state index contributed by atoms with van der Waals surface area (Å²) in [6.07, 6.45) is 1.82. The van der Waals surface area contributed by atoms with Crippen molar-refractivity contribution in [2.45, 2.75) is 39.0 Å². The van der Waals surface area contributed by atoms with Gasteiger partial charge in [0.15, 0.2) is 0 Å². The number of nitrogens with one attached hydrogen (secondary N) is 2. The zero-order valence-corrected chi connectivity index (χ0v) is 17.9. The Morgan fingerprint density at radius 1 is 1.16 bits per heavy atom. The molecule has 31 heavy (non-hydrogen) atoms. The van der Waals surface area contributed by atoms with Crippen LogP contribution in [0.5, 0.6) is 0 Å². The van der Waals surface area contributed by atoms with E-state index in [2.05, 4.69) is 15.6 Å². The number of benzene rings is 2. The first-order valence-electron chi connectivity index (χ1n) is 10.5. The van der Waals surface area contributed by atoms with Crippen LogP contribution in [-0.2, 0) is 9.53 Å². The van der Waals surface area contributed by atoms with Gasteiger partial charge in [0, 0.05) is 30.4 Å². The minimum atomic E-state index is -0.555. The van der Waals surface area contributed by atoms with Crippen molar-refractivity contribution in [1.82, 2.24) is 4.98 Å². The molecule has 1 aromatic heterocycles. The fourth-order valence-corrected chi connectivity index (χ4v) is 4.00. The lowest BCUT2D eigenvalue weighted by atomic mass is 10.1. The highest BCUT2D eigenvalue weighted by Crippen LogP contribution is 2.27. The highest BCUT2D eigenvalue weighted by molar-refractivity contribution is 6.03. The number of anilines is 3. The van der Waals surface area contributed by atoms with Crippen molar-refractivity contribution in [3.05, 3.63) is 60.5 Å². The Morgan fingerprint density at radius 3 is 2.68 bits per heavy atom. The molecule has 0 bridgehead atoms. The predicted octanol–water partition coefficient (Wildman–Crippen LogP) is 4.43. The van der Waals surface area contributed by atoms with Crippen LogP contribution in [0.25, 0.3) is 10.9 Å². The second-order valence-electron chi connectivity index (χ2n) is 8.06. The summed E-state index contributed by atoms with van der Waals surface area (Å²) in [6, 6.07) is 13.8. The number of hydrogen-bond acceptors (Lipinski definition) is 5. The van der Waals surface area contributed by atoms with Gasteiger partial charge in [-0.1, -0.05) is 6.07 Å². The molecule has 6 nitrogen and oxygen atoms in total. The van der Waals surface area contributed by atoms with Crippen molar-refractivity contribution in [2.75, 3.05) is 28.6 Å². The van der Waals surface area contributed by atoms with Crippen LogP contribution in [0.4, 0.5) is 21.5 Å². The van der Waals surface area contributed by atoms with Crippen molar-refractivity contribution in [1.29, 1.82) is 0 Å². The topological polar surface area (TPSA) is 66.5 Å². The van der Waals surface area contributed by atoms with Crippen molar-refractivity contribution in [2.24, 2.45) is 0 Å².